The van der Waals surface area contributed by atoms with Crippen molar-refractivity contribution in [3.05, 3.63) is 18.7 Å². The Hall–Kier alpha value is -1.53. The van der Waals surface area contributed by atoms with Crippen LogP contribution in [0.1, 0.15) is 26.7 Å². The van der Waals surface area contributed by atoms with E-state index in [4.69, 9.17) is 0 Å². The van der Waals surface area contributed by atoms with Crippen LogP contribution >= 0.6 is 0 Å². The Balaban J connectivity index is 0.000000321. The third-order valence-corrected chi connectivity index (χ3v) is 1.84. The van der Waals surface area contributed by atoms with Gasteiger partial charge in [0.2, 0.25) is 0 Å². The minimum atomic E-state index is -4.85. The van der Waals surface area contributed by atoms with Crippen LogP contribution in [-0.2, 0) is 16.1 Å². The monoisotopic (exact) mass is 266 g/mol. The van der Waals surface area contributed by atoms with E-state index in [-0.39, 0.29) is 6.61 Å². The lowest BCUT2D eigenvalue weighted by molar-refractivity contribution is -0.199. The Morgan fingerprint density at radius 2 is 2.06 bits per heavy atom. The minimum absolute atomic E-state index is 0.252. The highest BCUT2D eigenvalue weighted by molar-refractivity contribution is 5.75. The van der Waals surface area contributed by atoms with Crippen LogP contribution in [-0.4, -0.2) is 28.3 Å². The molecule has 0 aliphatic heterocycles. The van der Waals surface area contributed by atoms with Crippen LogP contribution in [0.25, 0.3) is 0 Å². The Bertz CT molecular complexity index is 324. The van der Waals surface area contributed by atoms with Gasteiger partial charge in [-0.3, -0.25) is 0 Å². The fourth-order valence-corrected chi connectivity index (χ4v) is 0.973. The molecule has 0 radical (unpaired) electrons. The second-order valence-electron chi connectivity index (χ2n) is 3.37. The van der Waals surface area contributed by atoms with E-state index in [2.05, 4.69) is 21.2 Å². The molecule has 1 rings (SSSR count). The fourth-order valence-electron chi connectivity index (χ4n) is 0.973. The molecule has 0 saturated heterocycles. The maximum Gasteiger partial charge on any atom is 0.490 e. The number of carbonyl (C=O) groups is 1. The van der Waals surface area contributed by atoms with E-state index in [0.717, 1.165) is 6.54 Å². The molecule has 0 N–H and O–H groups in total. The molecule has 0 spiro atoms. The number of alkyl halides is 3. The Morgan fingerprint density at radius 3 is 2.39 bits per heavy atom. The van der Waals surface area contributed by atoms with Crippen LogP contribution in [0.3, 0.4) is 0 Å². The SMILES string of the molecule is CCCCn1ccnc1.CCOC(=O)C(F)(F)F. The van der Waals surface area contributed by atoms with Gasteiger partial charge in [-0.25, -0.2) is 9.78 Å². The average molecular weight is 266 g/mol. The number of imidazole rings is 1. The molecule has 0 bridgehead atoms. The summed E-state index contributed by atoms with van der Waals surface area (Å²) >= 11 is 0. The molecule has 0 aromatic carbocycles. The normalized spacial score (nSPS) is 10.5. The van der Waals surface area contributed by atoms with Crippen LogP contribution < -0.4 is 0 Å². The van der Waals surface area contributed by atoms with Crippen LogP contribution in [0.5, 0.6) is 0 Å². The number of aryl methyl sites for hydroxylation is 1. The zero-order valence-corrected chi connectivity index (χ0v) is 10.4. The van der Waals surface area contributed by atoms with E-state index in [1.54, 1.807) is 0 Å². The van der Waals surface area contributed by atoms with E-state index < -0.39 is 12.1 Å². The number of halogens is 3. The Kier molecular flexibility index (Phi) is 7.82. The van der Waals surface area contributed by atoms with Gasteiger partial charge in [-0.2, -0.15) is 13.2 Å². The van der Waals surface area contributed by atoms with Crippen LogP contribution in [0.4, 0.5) is 13.2 Å². The number of aromatic nitrogens is 2. The molecule has 104 valence electrons. The minimum Gasteiger partial charge on any atom is -0.459 e. The highest BCUT2D eigenvalue weighted by Crippen LogP contribution is 2.15. The Labute approximate surface area is 104 Å². The van der Waals surface area contributed by atoms with Crippen molar-refractivity contribution >= 4 is 5.97 Å². The topological polar surface area (TPSA) is 44.1 Å². The summed E-state index contributed by atoms with van der Waals surface area (Å²) in [6.07, 6.45) is 3.31. The van der Waals surface area contributed by atoms with Crippen molar-refractivity contribution in [3.8, 4) is 0 Å². The predicted molar refractivity (Wildman–Crippen MR) is 59.8 cm³/mol. The maximum absolute atomic E-state index is 11.2. The number of hydrogen-bond donors (Lipinski definition) is 0. The van der Waals surface area contributed by atoms with Crippen molar-refractivity contribution in [2.24, 2.45) is 0 Å². The second-order valence-corrected chi connectivity index (χ2v) is 3.37. The molecule has 0 amide bonds. The number of carbonyl (C=O) groups excluding carboxylic acids is 1. The fraction of sp³-hybridized carbons (Fsp3) is 0.636. The molecular weight excluding hydrogens is 249 g/mol. The van der Waals surface area contributed by atoms with Gasteiger partial charge in [-0.1, -0.05) is 13.3 Å². The van der Waals surface area contributed by atoms with Crippen molar-refractivity contribution < 1.29 is 22.7 Å². The lowest BCUT2D eigenvalue weighted by Crippen LogP contribution is -2.25. The number of esters is 1. The van der Waals surface area contributed by atoms with E-state index in [1.807, 2.05) is 18.7 Å². The summed E-state index contributed by atoms with van der Waals surface area (Å²) in [5, 5.41) is 0. The largest absolute Gasteiger partial charge is 0.490 e. The Morgan fingerprint density at radius 1 is 1.39 bits per heavy atom. The van der Waals surface area contributed by atoms with Crippen LogP contribution in [0.15, 0.2) is 18.7 Å². The van der Waals surface area contributed by atoms with Crippen molar-refractivity contribution in [2.45, 2.75) is 39.4 Å². The van der Waals surface area contributed by atoms with Crippen LogP contribution in [0, 0.1) is 0 Å². The molecular formula is C11H17F3N2O2. The maximum atomic E-state index is 11.2. The first-order chi connectivity index (χ1) is 8.41. The molecule has 0 unspecified atom stereocenters. The highest BCUT2D eigenvalue weighted by atomic mass is 19.4. The van der Waals surface area contributed by atoms with Crippen molar-refractivity contribution in [2.75, 3.05) is 6.61 Å². The standard InChI is InChI=1S/C7H12N2.C4H5F3O2/c1-2-3-5-9-6-4-8-7-9;1-2-9-3(8)4(5,6)7/h4,6-7H,2-3,5H2,1H3;2H2,1H3. The van der Waals surface area contributed by atoms with Crippen molar-refractivity contribution in [1.29, 1.82) is 0 Å². The van der Waals surface area contributed by atoms with Gasteiger partial charge in [0.05, 0.1) is 12.9 Å². The number of hydrogen-bond acceptors (Lipinski definition) is 3. The van der Waals surface area contributed by atoms with Gasteiger partial charge >= 0.3 is 12.1 Å². The molecule has 1 heterocycles. The summed E-state index contributed by atoms with van der Waals surface area (Å²) < 4.78 is 39.2. The molecule has 4 nitrogen and oxygen atoms in total. The molecule has 7 heteroatoms. The zero-order valence-electron chi connectivity index (χ0n) is 10.4. The van der Waals surface area contributed by atoms with Gasteiger partial charge in [-0.05, 0) is 13.3 Å². The first-order valence-electron chi connectivity index (χ1n) is 5.61. The molecule has 1 aromatic heterocycles. The third-order valence-electron chi connectivity index (χ3n) is 1.84. The summed E-state index contributed by atoms with van der Waals surface area (Å²) in [4.78, 5) is 13.7. The average Bonchev–Trinajstić information content (AvgIpc) is 2.79. The summed E-state index contributed by atoms with van der Waals surface area (Å²) in [5.41, 5.74) is 0. The molecule has 0 saturated carbocycles. The second kappa shape index (κ2) is 8.54. The van der Waals surface area contributed by atoms with Crippen molar-refractivity contribution in [1.82, 2.24) is 9.55 Å². The smallest absolute Gasteiger partial charge is 0.459 e. The number of nitrogens with zero attached hydrogens (tertiary/aromatic N) is 2. The van der Waals surface area contributed by atoms with E-state index in [0.29, 0.717) is 0 Å². The summed E-state index contributed by atoms with van der Waals surface area (Å²) in [6.45, 7) is 4.36. The first kappa shape index (κ1) is 16.5. The van der Waals surface area contributed by atoms with Crippen LogP contribution in [0.2, 0.25) is 0 Å². The summed E-state index contributed by atoms with van der Waals surface area (Å²) in [6, 6.07) is 0. The van der Waals surface area contributed by atoms with Crippen molar-refractivity contribution in [3.63, 3.8) is 0 Å². The summed E-state index contributed by atoms with van der Waals surface area (Å²) in [7, 11) is 0. The lowest BCUT2D eigenvalue weighted by Gasteiger charge is -2.02. The van der Waals surface area contributed by atoms with E-state index in [9.17, 15) is 18.0 Å². The number of unbranched alkanes of at least 4 members (excludes halogenated alkanes) is 1. The first-order valence-corrected chi connectivity index (χ1v) is 5.61. The van der Waals surface area contributed by atoms with Gasteiger partial charge in [0, 0.05) is 18.9 Å². The lowest BCUT2D eigenvalue weighted by atomic mass is 10.3. The predicted octanol–water partition coefficient (Wildman–Crippen LogP) is 2.80. The molecule has 18 heavy (non-hydrogen) atoms. The van der Waals surface area contributed by atoms with Gasteiger partial charge in [0.1, 0.15) is 0 Å². The molecule has 1 aromatic rings. The highest BCUT2D eigenvalue weighted by Gasteiger charge is 2.40. The summed E-state index contributed by atoms with van der Waals surface area (Å²) in [5.74, 6) is -2.13. The molecule has 0 aliphatic rings. The quantitative estimate of drug-likeness (QED) is 0.787. The van der Waals surface area contributed by atoms with Gasteiger partial charge in [0.15, 0.2) is 0 Å². The zero-order chi connectivity index (χ0) is 14.0. The van der Waals surface area contributed by atoms with Gasteiger partial charge in [-0.15, -0.1) is 0 Å². The molecule has 0 aliphatic carbocycles. The molecule has 0 atom stereocenters. The van der Waals surface area contributed by atoms with E-state index in [1.165, 1.54) is 19.8 Å². The van der Waals surface area contributed by atoms with E-state index >= 15 is 0 Å². The number of rotatable bonds is 4. The van der Waals surface area contributed by atoms with Gasteiger partial charge < -0.3 is 9.30 Å². The molecule has 0 fully saturated rings. The number of ether oxygens (including phenoxy) is 1. The third kappa shape index (κ3) is 7.70. The van der Waals surface area contributed by atoms with Gasteiger partial charge in [0.25, 0.3) is 0 Å².